The number of hydrogen-bond acceptors (Lipinski definition) is 3. The molecule has 1 N–H and O–H groups in total. The predicted molar refractivity (Wildman–Crippen MR) is 82.0 cm³/mol. The number of ether oxygens (including phenoxy) is 1. The number of aromatic nitrogens is 2. The molecule has 1 aromatic rings. The van der Waals surface area contributed by atoms with Crippen LogP contribution in [-0.4, -0.2) is 35.6 Å². The van der Waals surface area contributed by atoms with Crippen LogP contribution >= 0.6 is 0 Å². The second-order valence-electron chi connectivity index (χ2n) is 5.93. The van der Waals surface area contributed by atoms with E-state index >= 15 is 0 Å². The molecule has 114 valence electrons. The Labute approximate surface area is 122 Å². The topological polar surface area (TPSA) is 39.1 Å². The largest absolute Gasteiger partial charge is 0.378 e. The molecule has 2 rings (SSSR count). The Balaban J connectivity index is 2.04. The van der Waals surface area contributed by atoms with Gasteiger partial charge in [-0.2, -0.15) is 5.10 Å². The van der Waals surface area contributed by atoms with Crippen LogP contribution in [0.15, 0.2) is 6.07 Å². The zero-order valence-corrected chi connectivity index (χ0v) is 13.4. The molecule has 0 saturated heterocycles. The molecular formula is C16H29N3O. The second kappa shape index (κ2) is 6.72. The Bertz CT molecular complexity index is 418. The standard InChI is InChI=1S/C16H29N3O/c1-5-13-10-15(19(6-2)18-13)11-14(17-3)12-16(20-4)8-7-9-16/h10,14,17H,5-9,11-12H2,1-4H3. The van der Waals surface area contributed by atoms with Crippen LogP contribution in [0.2, 0.25) is 0 Å². The number of likely N-dealkylation sites (N-methyl/N-ethyl adjacent to an activating group) is 1. The van der Waals surface area contributed by atoms with Crippen molar-refractivity contribution in [2.24, 2.45) is 0 Å². The second-order valence-corrected chi connectivity index (χ2v) is 5.93. The summed E-state index contributed by atoms with van der Waals surface area (Å²) in [5.41, 5.74) is 2.66. The lowest BCUT2D eigenvalue weighted by Crippen LogP contribution is -2.46. The molecule has 0 bridgehead atoms. The Kier molecular flexibility index (Phi) is 5.22. The highest BCUT2D eigenvalue weighted by molar-refractivity contribution is 5.12. The minimum atomic E-state index is 0.123. The minimum Gasteiger partial charge on any atom is -0.378 e. The number of hydrogen-bond donors (Lipinski definition) is 1. The summed E-state index contributed by atoms with van der Waals surface area (Å²) < 4.78 is 7.91. The number of nitrogens with zero attached hydrogens (tertiary/aromatic N) is 2. The molecule has 1 aromatic heterocycles. The summed E-state index contributed by atoms with van der Waals surface area (Å²) in [6.45, 7) is 5.27. The molecule has 0 aliphatic heterocycles. The van der Waals surface area contributed by atoms with Crippen LogP contribution in [0.25, 0.3) is 0 Å². The van der Waals surface area contributed by atoms with E-state index in [1.807, 2.05) is 7.11 Å². The van der Waals surface area contributed by atoms with Crippen LogP contribution in [0.4, 0.5) is 0 Å². The molecule has 1 aliphatic rings. The highest BCUT2D eigenvalue weighted by Gasteiger charge is 2.38. The molecule has 4 nitrogen and oxygen atoms in total. The monoisotopic (exact) mass is 279 g/mol. The average molecular weight is 279 g/mol. The number of nitrogens with one attached hydrogen (secondary N) is 1. The van der Waals surface area contributed by atoms with Crippen LogP contribution in [-0.2, 0) is 24.1 Å². The van der Waals surface area contributed by atoms with Crippen molar-refractivity contribution in [1.82, 2.24) is 15.1 Å². The lowest BCUT2D eigenvalue weighted by molar-refractivity contribution is -0.0831. The first kappa shape index (κ1) is 15.5. The van der Waals surface area contributed by atoms with Gasteiger partial charge in [0.15, 0.2) is 0 Å². The number of methoxy groups -OCH3 is 1. The van der Waals surface area contributed by atoms with Gasteiger partial charge in [0.05, 0.1) is 11.3 Å². The van der Waals surface area contributed by atoms with E-state index in [9.17, 15) is 0 Å². The lowest BCUT2D eigenvalue weighted by Gasteiger charge is -2.42. The zero-order valence-electron chi connectivity index (χ0n) is 13.4. The van der Waals surface area contributed by atoms with E-state index in [1.54, 1.807) is 0 Å². The van der Waals surface area contributed by atoms with Gasteiger partial charge < -0.3 is 10.1 Å². The summed E-state index contributed by atoms with van der Waals surface area (Å²) in [6, 6.07) is 2.72. The van der Waals surface area contributed by atoms with E-state index < -0.39 is 0 Å². The molecular weight excluding hydrogens is 250 g/mol. The summed E-state index contributed by atoms with van der Waals surface area (Å²) >= 11 is 0. The van der Waals surface area contributed by atoms with Gasteiger partial charge >= 0.3 is 0 Å². The SMILES string of the molecule is CCc1cc(CC(CC2(OC)CCC2)NC)n(CC)n1. The Morgan fingerprint density at radius 2 is 2.20 bits per heavy atom. The molecule has 0 amide bonds. The average Bonchev–Trinajstić information content (AvgIpc) is 2.83. The van der Waals surface area contributed by atoms with Gasteiger partial charge in [0.1, 0.15) is 0 Å². The van der Waals surface area contributed by atoms with Gasteiger partial charge in [0.25, 0.3) is 0 Å². The quantitative estimate of drug-likeness (QED) is 0.795. The van der Waals surface area contributed by atoms with Crippen LogP contribution in [0.3, 0.4) is 0 Å². The highest BCUT2D eigenvalue weighted by Crippen LogP contribution is 2.39. The van der Waals surface area contributed by atoms with E-state index in [0.29, 0.717) is 6.04 Å². The molecule has 1 aliphatic carbocycles. The third kappa shape index (κ3) is 3.23. The molecule has 1 saturated carbocycles. The molecule has 0 spiro atoms. The summed E-state index contributed by atoms with van der Waals surface area (Å²) in [5.74, 6) is 0. The van der Waals surface area contributed by atoms with Gasteiger partial charge in [-0.3, -0.25) is 4.68 Å². The first-order valence-electron chi connectivity index (χ1n) is 7.94. The van der Waals surface area contributed by atoms with Crippen LogP contribution in [0.5, 0.6) is 0 Å². The molecule has 0 radical (unpaired) electrons. The third-order valence-electron chi connectivity index (χ3n) is 4.76. The summed E-state index contributed by atoms with van der Waals surface area (Å²) in [4.78, 5) is 0. The summed E-state index contributed by atoms with van der Waals surface area (Å²) in [5, 5.41) is 8.11. The van der Waals surface area contributed by atoms with Gasteiger partial charge in [0, 0.05) is 31.8 Å². The van der Waals surface area contributed by atoms with Crippen molar-refractivity contribution >= 4 is 0 Å². The van der Waals surface area contributed by atoms with Crippen molar-refractivity contribution in [1.29, 1.82) is 0 Å². The van der Waals surface area contributed by atoms with Crippen molar-refractivity contribution < 1.29 is 4.74 Å². The summed E-state index contributed by atoms with van der Waals surface area (Å²) in [6.07, 6.45) is 6.84. The molecule has 20 heavy (non-hydrogen) atoms. The Morgan fingerprint density at radius 1 is 1.45 bits per heavy atom. The predicted octanol–water partition coefficient (Wildman–Crippen LogP) is 2.56. The van der Waals surface area contributed by atoms with Crippen molar-refractivity contribution in [3.63, 3.8) is 0 Å². The molecule has 0 aromatic carbocycles. The normalized spacial score (nSPS) is 18.8. The zero-order chi connectivity index (χ0) is 14.6. The van der Waals surface area contributed by atoms with E-state index in [0.717, 1.165) is 25.8 Å². The van der Waals surface area contributed by atoms with Gasteiger partial charge in [-0.05, 0) is 52.1 Å². The number of aryl methyl sites for hydroxylation is 2. The van der Waals surface area contributed by atoms with Crippen molar-refractivity contribution in [3.05, 3.63) is 17.5 Å². The van der Waals surface area contributed by atoms with Gasteiger partial charge in [-0.15, -0.1) is 0 Å². The molecule has 1 fully saturated rings. The number of rotatable bonds is 8. The van der Waals surface area contributed by atoms with Gasteiger partial charge in [0.2, 0.25) is 0 Å². The maximum absolute atomic E-state index is 5.76. The van der Waals surface area contributed by atoms with Crippen molar-refractivity contribution in [2.45, 2.75) is 70.6 Å². The van der Waals surface area contributed by atoms with Gasteiger partial charge in [-0.1, -0.05) is 6.92 Å². The maximum Gasteiger partial charge on any atom is 0.0693 e. The van der Waals surface area contributed by atoms with E-state index in [-0.39, 0.29) is 5.60 Å². The smallest absolute Gasteiger partial charge is 0.0693 e. The van der Waals surface area contributed by atoms with E-state index in [1.165, 1.54) is 30.7 Å². The fraction of sp³-hybridized carbons (Fsp3) is 0.812. The lowest BCUT2D eigenvalue weighted by atomic mass is 9.75. The van der Waals surface area contributed by atoms with E-state index in [2.05, 4.69) is 42.1 Å². The van der Waals surface area contributed by atoms with E-state index in [4.69, 9.17) is 4.74 Å². The molecule has 4 heteroatoms. The fourth-order valence-corrected chi connectivity index (χ4v) is 3.17. The maximum atomic E-state index is 5.76. The third-order valence-corrected chi connectivity index (χ3v) is 4.76. The molecule has 1 atom stereocenters. The molecule has 1 unspecified atom stereocenters. The molecule has 1 heterocycles. The van der Waals surface area contributed by atoms with Crippen molar-refractivity contribution in [3.8, 4) is 0 Å². The van der Waals surface area contributed by atoms with Crippen LogP contribution in [0, 0.1) is 0 Å². The Morgan fingerprint density at radius 3 is 2.65 bits per heavy atom. The van der Waals surface area contributed by atoms with Crippen LogP contribution < -0.4 is 5.32 Å². The Hall–Kier alpha value is -0.870. The first-order chi connectivity index (χ1) is 9.66. The first-order valence-corrected chi connectivity index (χ1v) is 7.94. The van der Waals surface area contributed by atoms with Crippen LogP contribution in [0.1, 0.15) is 50.9 Å². The minimum absolute atomic E-state index is 0.123. The summed E-state index contributed by atoms with van der Waals surface area (Å²) in [7, 11) is 3.91. The van der Waals surface area contributed by atoms with Gasteiger partial charge in [-0.25, -0.2) is 0 Å². The fourth-order valence-electron chi connectivity index (χ4n) is 3.17. The van der Waals surface area contributed by atoms with Crippen molar-refractivity contribution in [2.75, 3.05) is 14.2 Å². The highest BCUT2D eigenvalue weighted by atomic mass is 16.5.